The lowest BCUT2D eigenvalue weighted by molar-refractivity contribution is 0.669. The monoisotopic (exact) mass is 502 g/mol. The fourth-order valence-electron chi connectivity index (χ4n) is 4.93. The largest absolute Gasteiger partial charge is 0.447 e. The first kappa shape index (κ1) is 20.1. The third-order valence-electron chi connectivity index (χ3n) is 6.35. The summed E-state index contributed by atoms with van der Waals surface area (Å²) in [4.78, 5) is 0. The van der Waals surface area contributed by atoms with Gasteiger partial charge in [-0.1, -0.05) is 109 Å². The van der Waals surface area contributed by atoms with E-state index in [4.69, 9.17) is 4.42 Å². The Hall–Kier alpha value is -3.58. The van der Waals surface area contributed by atoms with Gasteiger partial charge in [0.25, 0.3) is 0 Å². The minimum absolute atomic E-state index is 0.733. The van der Waals surface area contributed by atoms with Crippen LogP contribution in [0.4, 0.5) is 0 Å². The summed E-state index contributed by atoms with van der Waals surface area (Å²) >= 11 is 3.55. The molecule has 3 heteroatoms. The maximum absolute atomic E-state index is 6.10. The van der Waals surface area contributed by atoms with Crippen LogP contribution >= 0.6 is 15.9 Å². The molecular weight excluding hydrogens is 484 g/mol. The van der Waals surface area contributed by atoms with E-state index in [2.05, 4.69) is 143 Å². The van der Waals surface area contributed by atoms with Gasteiger partial charge in [-0.3, -0.25) is 0 Å². The van der Waals surface area contributed by atoms with Crippen LogP contribution in [0.15, 0.2) is 124 Å². The molecule has 33 heavy (non-hydrogen) atoms. The van der Waals surface area contributed by atoms with Gasteiger partial charge in [-0.2, -0.15) is 0 Å². The normalized spacial score (nSPS) is 11.5. The predicted octanol–water partition coefficient (Wildman–Crippen LogP) is 5.33. The van der Waals surface area contributed by atoms with Crippen LogP contribution in [-0.4, -0.2) is 8.07 Å². The van der Waals surface area contributed by atoms with Gasteiger partial charge in [0.1, 0.15) is 5.58 Å². The molecule has 0 saturated heterocycles. The lowest BCUT2D eigenvalue weighted by Crippen LogP contribution is -2.74. The molecule has 0 bridgehead atoms. The van der Waals surface area contributed by atoms with Crippen LogP contribution in [-0.2, 0) is 0 Å². The van der Waals surface area contributed by atoms with Crippen molar-refractivity contribution in [1.29, 1.82) is 0 Å². The van der Waals surface area contributed by atoms with Gasteiger partial charge in [-0.15, -0.1) is 0 Å². The highest BCUT2D eigenvalue weighted by molar-refractivity contribution is 9.10. The van der Waals surface area contributed by atoms with Crippen LogP contribution in [0.2, 0.25) is 0 Å². The van der Waals surface area contributed by atoms with Crippen molar-refractivity contribution in [2.75, 3.05) is 0 Å². The molecule has 0 aliphatic heterocycles. The van der Waals surface area contributed by atoms with Crippen LogP contribution in [0.1, 0.15) is 0 Å². The number of fused-ring (bicyclic) bond motifs is 3. The smallest absolute Gasteiger partial charge is 0.185 e. The third kappa shape index (κ3) is 3.22. The van der Waals surface area contributed by atoms with E-state index in [9.17, 15) is 0 Å². The standard InChI is InChI=1S/C30H19BrOSi/c31-22-16-18-29-27(20-22)28-21-26(17-19-30(28)32-29)33(23-10-4-1-5-11-23,24-12-6-2-7-13-24)25-14-8-3-9-15-25/h1-15,17,19-21H. The first-order chi connectivity index (χ1) is 16.3. The minimum atomic E-state index is -2.56. The van der Waals surface area contributed by atoms with Crippen LogP contribution in [0.25, 0.3) is 21.9 Å². The fraction of sp³-hybridized carbons (Fsp3) is 0. The van der Waals surface area contributed by atoms with Gasteiger partial charge < -0.3 is 4.42 Å². The number of hydrogen-bond donors (Lipinski definition) is 0. The van der Waals surface area contributed by atoms with Gasteiger partial charge in [0, 0.05) is 10.8 Å². The van der Waals surface area contributed by atoms with Crippen molar-refractivity contribution in [2.45, 2.75) is 0 Å². The van der Waals surface area contributed by atoms with Crippen molar-refractivity contribution in [1.82, 2.24) is 0 Å². The lowest BCUT2D eigenvalue weighted by atomic mass is 10.2. The predicted molar refractivity (Wildman–Crippen MR) is 143 cm³/mol. The van der Waals surface area contributed by atoms with Gasteiger partial charge >= 0.3 is 0 Å². The third-order valence-corrected chi connectivity index (χ3v) is 11.5. The Labute approximate surface area is 202 Å². The van der Waals surface area contributed by atoms with E-state index in [-0.39, 0.29) is 0 Å². The zero-order valence-corrected chi connectivity index (χ0v) is 20.3. The van der Waals surface area contributed by atoms with Gasteiger partial charge in [-0.05, 0) is 54.9 Å². The number of benzene rings is 4. The number of furan rings is 1. The van der Waals surface area contributed by atoms with Crippen molar-refractivity contribution in [3.63, 3.8) is 0 Å². The number of halogens is 1. The second kappa shape index (κ2) is 8.08. The highest BCUT2D eigenvalue weighted by atomic mass is 79.9. The maximum atomic E-state index is 6.10. The Morgan fingerprint density at radius 1 is 0.545 bits per heavy atom. The van der Waals surface area contributed by atoms with E-state index in [1.807, 2.05) is 0 Å². The Morgan fingerprint density at radius 3 is 1.64 bits per heavy atom. The van der Waals surface area contributed by atoms with Crippen molar-refractivity contribution in [2.24, 2.45) is 0 Å². The van der Waals surface area contributed by atoms with Crippen molar-refractivity contribution < 1.29 is 4.42 Å². The van der Waals surface area contributed by atoms with E-state index in [0.717, 1.165) is 26.4 Å². The summed E-state index contributed by atoms with van der Waals surface area (Å²) in [5.74, 6) is 0. The highest BCUT2D eigenvalue weighted by Gasteiger charge is 2.41. The Bertz CT molecular complexity index is 1460. The molecule has 1 nitrogen and oxygen atoms in total. The molecule has 0 N–H and O–H groups in total. The summed E-state index contributed by atoms with van der Waals surface area (Å²) in [6, 6.07) is 47.8. The van der Waals surface area contributed by atoms with Gasteiger partial charge in [0.05, 0.1) is 4.47 Å². The summed E-state index contributed by atoms with van der Waals surface area (Å²) in [7, 11) is -2.56. The molecule has 156 valence electrons. The number of rotatable bonds is 4. The van der Waals surface area contributed by atoms with Gasteiger partial charge in [-0.25, -0.2) is 0 Å². The molecule has 1 aromatic heterocycles. The molecule has 0 saturated carbocycles. The highest BCUT2D eigenvalue weighted by Crippen LogP contribution is 2.29. The van der Waals surface area contributed by atoms with Gasteiger partial charge in [0.15, 0.2) is 13.7 Å². The topological polar surface area (TPSA) is 13.1 Å². The van der Waals surface area contributed by atoms with Crippen LogP contribution in [0, 0.1) is 12.1 Å². The molecule has 0 unspecified atom stereocenters. The summed E-state index contributed by atoms with van der Waals surface area (Å²) in [5.41, 5.74) is 1.60. The quantitative estimate of drug-likeness (QED) is 0.234. The zero-order chi connectivity index (χ0) is 22.3. The van der Waals surface area contributed by atoms with Crippen molar-refractivity contribution in [3.05, 3.63) is 132 Å². The van der Waals surface area contributed by atoms with Crippen molar-refractivity contribution in [3.8, 4) is 0 Å². The van der Waals surface area contributed by atoms with Gasteiger partial charge in [0.2, 0.25) is 0 Å². The lowest BCUT2D eigenvalue weighted by Gasteiger charge is -2.34. The van der Waals surface area contributed by atoms with E-state index in [1.165, 1.54) is 20.7 Å². The van der Waals surface area contributed by atoms with Crippen molar-refractivity contribution >= 4 is 66.7 Å². The maximum Gasteiger partial charge on any atom is 0.185 e. The molecule has 0 fully saturated rings. The first-order valence-corrected chi connectivity index (χ1v) is 13.7. The Kier molecular flexibility index (Phi) is 4.91. The molecule has 0 radical (unpaired) electrons. The zero-order valence-electron chi connectivity index (χ0n) is 17.8. The minimum Gasteiger partial charge on any atom is -0.447 e. The first-order valence-electron chi connectivity index (χ1n) is 10.9. The second-order valence-corrected chi connectivity index (χ2v) is 12.8. The molecule has 6 aromatic rings. The Morgan fingerprint density at radius 2 is 1.09 bits per heavy atom. The molecule has 6 rings (SSSR count). The summed E-state index contributed by atoms with van der Waals surface area (Å²) < 4.78 is 6.98. The molecular formula is C30H19BrOSi. The molecule has 0 atom stereocenters. The SMILES string of the molecule is Brc1c#cc2oc3ccc([Si](c4ccccc4)(c4ccccc4)c4ccccc4)cc3c2c1. The van der Waals surface area contributed by atoms with E-state index in [0.29, 0.717) is 0 Å². The second-order valence-electron chi connectivity index (χ2n) is 8.15. The van der Waals surface area contributed by atoms with Crippen LogP contribution in [0.5, 0.6) is 0 Å². The molecule has 0 aliphatic carbocycles. The van der Waals surface area contributed by atoms with Crippen LogP contribution < -0.4 is 20.7 Å². The Balaban J connectivity index is 1.75. The summed E-state index contributed by atoms with van der Waals surface area (Å²) in [6.45, 7) is 0. The molecule has 1 heterocycles. The van der Waals surface area contributed by atoms with Crippen LogP contribution in [0.3, 0.4) is 0 Å². The van der Waals surface area contributed by atoms with E-state index >= 15 is 0 Å². The molecule has 0 amide bonds. The summed E-state index contributed by atoms with van der Waals surface area (Å²) in [6.07, 6.45) is 0. The molecule has 0 aliphatic rings. The number of hydrogen-bond acceptors (Lipinski definition) is 1. The summed E-state index contributed by atoms with van der Waals surface area (Å²) in [5, 5.41) is 7.55. The average Bonchev–Trinajstić information content (AvgIpc) is 3.24. The molecule has 0 spiro atoms. The van der Waals surface area contributed by atoms with E-state index < -0.39 is 8.07 Å². The average molecular weight is 503 g/mol. The fourth-order valence-corrected chi connectivity index (χ4v) is 10.0. The molecule has 5 aromatic carbocycles. The van der Waals surface area contributed by atoms with E-state index in [1.54, 1.807) is 0 Å².